The summed E-state index contributed by atoms with van der Waals surface area (Å²) in [6.07, 6.45) is 6.09. The van der Waals surface area contributed by atoms with E-state index in [2.05, 4.69) is 22.1 Å². The van der Waals surface area contributed by atoms with Gasteiger partial charge in [-0.25, -0.2) is 9.97 Å². The maximum atomic E-state index is 11.7. The van der Waals surface area contributed by atoms with Gasteiger partial charge in [0.05, 0.1) is 5.69 Å². The van der Waals surface area contributed by atoms with Crippen molar-refractivity contribution >= 4 is 11.9 Å². The third kappa shape index (κ3) is 2.42. The molecule has 0 unspecified atom stereocenters. The average molecular weight is 323 g/mol. The molecular formula is C18H21N5O. The summed E-state index contributed by atoms with van der Waals surface area (Å²) in [5.41, 5.74) is 4.76. The fourth-order valence-corrected chi connectivity index (χ4v) is 3.40. The van der Waals surface area contributed by atoms with Crippen LogP contribution in [0.5, 0.6) is 0 Å². The van der Waals surface area contributed by atoms with Gasteiger partial charge in [0, 0.05) is 42.7 Å². The molecule has 6 nitrogen and oxygen atoms in total. The van der Waals surface area contributed by atoms with Gasteiger partial charge >= 0.3 is 0 Å². The smallest absolute Gasteiger partial charge is 0.269 e. The van der Waals surface area contributed by atoms with Gasteiger partial charge in [-0.3, -0.25) is 9.78 Å². The first-order chi connectivity index (χ1) is 11.7. The van der Waals surface area contributed by atoms with Crippen LogP contribution < -0.4 is 10.2 Å². The van der Waals surface area contributed by atoms with Crippen LogP contribution in [0.25, 0.3) is 11.3 Å². The first kappa shape index (κ1) is 15.1. The molecule has 0 radical (unpaired) electrons. The average Bonchev–Trinajstić information content (AvgIpc) is 3.07. The third-order valence-corrected chi connectivity index (χ3v) is 4.99. The molecule has 2 aliphatic rings. The van der Waals surface area contributed by atoms with Crippen LogP contribution in [0.1, 0.15) is 41.5 Å². The van der Waals surface area contributed by atoms with Gasteiger partial charge in [0.15, 0.2) is 0 Å². The fraction of sp³-hybridized carbons (Fsp3) is 0.444. The second-order valence-electron chi connectivity index (χ2n) is 6.49. The zero-order valence-electron chi connectivity index (χ0n) is 14.0. The summed E-state index contributed by atoms with van der Waals surface area (Å²) >= 11 is 0. The number of carbonyl (C=O) groups excluding carboxylic acids is 1. The van der Waals surface area contributed by atoms with E-state index in [4.69, 9.17) is 9.97 Å². The van der Waals surface area contributed by atoms with E-state index in [-0.39, 0.29) is 5.91 Å². The second kappa shape index (κ2) is 5.85. The minimum absolute atomic E-state index is 0.176. The molecule has 1 aliphatic carbocycles. The molecule has 0 spiro atoms. The second-order valence-corrected chi connectivity index (χ2v) is 6.49. The molecule has 24 heavy (non-hydrogen) atoms. The van der Waals surface area contributed by atoms with Crippen molar-refractivity contribution < 1.29 is 4.79 Å². The molecule has 1 N–H and O–H groups in total. The lowest BCUT2D eigenvalue weighted by Gasteiger charge is -2.39. The van der Waals surface area contributed by atoms with Crippen molar-refractivity contribution in [3.8, 4) is 11.3 Å². The van der Waals surface area contributed by atoms with Crippen molar-refractivity contribution in [2.24, 2.45) is 0 Å². The summed E-state index contributed by atoms with van der Waals surface area (Å²) in [5, 5.41) is 2.59. The van der Waals surface area contributed by atoms with E-state index in [1.54, 1.807) is 19.3 Å². The van der Waals surface area contributed by atoms with Gasteiger partial charge in [-0.1, -0.05) is 0 Å². The molecule has 1 aliphatic heterocycles. The number of hydrogen-bond acceptors (Lipinski definition) is 5. The normalized spacial score (nSPS) is 18.9. The zero-order chi connectivity index (χ0) is 16.7. The first-order valence-corrected chi connectivity index (χ1v) is 8.52. The number of hydrogen-bond donors (Lipinski definition) is 1. The minimum Gasteiger partial charge on any atom is -0.354 e. The highest BCUT2D eigenvalue weighted by Crippen LogP contribution is 2.33. The minimum atomic E-state index is -0.176. The molecule has 6 heteroatoms. The van der Waals surface area contributed by atoms with E-state index in [1.165, 1.54) is 17.7 Å². The molecule has 3 heterocycles. The number of rotatable bonds is 3. The van der Waals surface area contributed by atoms with Crippen molar-refractivity contribution in [2.45, 2.75) is 38.6 Å². The van der Waals surface area contributed by atoms with Crippen molar-refractivity contribution in [2.75, 3.05) is 18.5 Å². The van der Waals surface area contributed by atoms with Gasteiger partial charge in [0.2, 0.25) is 5.95 Å². The molecule has 2 aromatic rings. The molecule has 0 bridgehead atoms. The molecular weight excluding hydrogens is 302 g/mol. The Morgan fingerprint density at radius 2 is 2.17 bits per heavy atom. The monoisotopic (exact) mass is 323 g/mol. The van der Waals surface area contributed by atoms with Gasteiger partial charge in [0.25, 0.3) is 5.91 Å². The predicted molar refractivity (Wildman–Crippen MR) is 92.1 cm³/mol. The van der Waals surface area contributed by atoms with Crippen LogP contribution in [0.2, 0.25) is 0 Å². The molecule has 4 rings (SSSR count). The highest BCUT2D eigenvalue weighted by molar-refractivity contribution is 5.92. The summed E-state index contributed by atoms with van der Waals surface area (Å²) in [5.74, 6) is 0.657. The van der Waals surface area contributed by atoms with Crippen LogP contribution in [-0.4, -0.2) is 40.5 Å². The van der Waals surface area contributed by atoms with Gasteiger partial charge in [-0.15, -0.1) is 0 Å². The third-order valence-electron chi connectivity index (χ3n) is 4.99. The van der Waals surface area contributed by atoms with Crippen LogP contribution in [0.3, 0.4) is 0 Å². The number of aromatic nitrogens is 3. The molecule has 2 aromatic heterocycles. The van der Waals surface area contributed by atoms with Gasteiger partial charge in [-0.05, 0) is 44.7 Å². The summed E-state index contributed by atoms with van der Waals surface area (Å²) in [6, 6.07) is 4.19. The lowest BCUT2D eigenvalue weighted by atomic mass is 10.0. The number of aryl methyl sites for hydroxylation is 1. The standard InChI is InChI=1S/C18H21N5O/c1-11-8-9-23(11)18-21-14-5-3-4-13(14)16(22-18)12-6-7-15(20-10-12)17(24)19-2/h6-7,10-11H,3-5,8-9H2,1-2H3,(H,19,24)/t11-/m0/s1. The highest BCUT2D eigenvalue weighted by atomic mass is 16.1. The van der Waals surface area contributed by atoms with E-state index < -0.39 is 0 Å². The maximum absolute atomic E-state index is 11.7. The SMILES string of the molecule is CNC(=O)c1ccc(-c2nc(N3CC[C@@H]3C)nc3c2CCC3)cn1. The van der Waals surface area contributed by atoms with Crippen LogP contribution in [0.4, 0.5) is 5.95 Å². The summed E-state index contributed by atoms with van der Waals surface area (Å²) < 4.78 is 0. The Balaban J connectivity index is 1.75. The summed E-state index contributed by atoms with van der Waals surface area (Å²) in [4.78, 5) is 27.9. The molecule has 0 aromatic carbocycles. The molecule has 1 amide bonds. The Labute approximate surface area is 141 Å². The van der Waals surface area contributed by atoms with Crippen molar-refractivity contribution in [1.82, 2.24) is 20.3 Å². The van der Waals surface area contributed by atoms with Gasteiger partial charge in [-0.2, -0.15) is 0 Å². The van der Waals surface area contributed by atoms with Crippen LogP contribution in [-0.2, 0) is 12.8 Å². The van der Waals surface area contributed by atoms with E-state index in [9.17, 15) is 4.79 Å². The van der Waals surface area contributed by atoms with Crippen molar-refractivity contribution in [1.29, 1.82) is 0 Å². The Hall–Kier alpha value is -2.50. The number of amides is 1. The molecule has 1 fully saturated rings. The predicted octanol–water partition coefficient (Wildman–Crippen LogP) is 1.99. The fourth-order valence-electron chi connectivity index (χ4n) is 3.40. The molecule has 124 valence electrons. The lowest BCUT2D eigenvalue weighted by molar-refractivity contribution is 0.0958. The molecule has 1 saturated heterocycles. The Bertz CT molecular complexity index is 787. The number of pyridine rings is 1. The number of carbonyl (C=O) groups is 1. The Kier molecular flexibility index (Phi) is 3.67. The highest BCUT2D eigenvalue weighted by Gasteiger charge is 2.29. The molecule has 1 atom stereocenters. The quantitative estimate of drug-likeness (QED) is 0.935. The first-order valence-electron chi connectivity index (χ1n) is 8.52. The number of nitrogens with zero attached hydrogens (tertiary/aromatic N) is 4. The summed E-state index contributed by atoms with van der Waals surface area (Å²) in [6.45, 7) is 3.23. The molecule has 0 saturated carbocycles. The zero-order valence-corrected chi connectivity index (χ0v) is 14.0. The number of fused-ring (bicyclic) bond motifs is 1. The number of nitrogens with one attached hydrogen (secondary N) is 1. The van der Waals surface area contributed by atoms with E-state index in [0.717, 1.165) is 43.0 Å². The van der Waals surface area contributed by atoms with E-state index in [1.807, 2.05) is 6.07 Å². The van der Waals surface area contributed by atoms with Crippen molar-refractivity contribution in [3.63, 3.8) is 0 Å². The maximum Gasteiger partial charge on any atom is 0.269 e. The summed E-state index contributed by atoms with van der Waals surface area (Å²) in [7, 11) is 1.61. The topological polar surface area (TPSA) is 71.0 Å². The number of anilines is 1. The Morgan fingerprint density at radius 3 is 2.79 bits per heavy atom. The lowest BCUT2D eigenvalue weighted by Crippen LogP contribution is -2.46. The van der Waals surface area contributed by atoms with Gasteiger partial charge in [0.1, 0.15) is 5.69 Å². The Morgan fingerprint density at radius 1 is 1.29 bits per heavy atom. The van der Waals surface area contributed by atoms with Gasteiger partial charge < -0.3 is 10.2 Å². The van der Waals surface area contributed by atoms with E-state index in [0.29, 0.717) is 11.7 Å². The van der Waals surface area contributed by atoms with Crippen LogP contribution >= 0.6 is 0 Å². The van der Waals surface area contributed by atoms with Crippen molar-refractivity contribution in [3.05, 3.63) is 35.3 Å². The van der Waals surface area contributed by atoms with E-state index >= 15 is 0 Å². The van der Waals surface area contributed by atoms with Crippen LogP contribution in [0.15, 0.2) is 18.3 Å². The largest absolute Gasteiger partial charge is 0.354 e. The van der Waals surface area contributed by atoms with Crippen LogP contribution in [0, 0.1) is 0 Å².